The van der Waals surface area contributed by atoms with Crippen molar-refractivity contribution in [3.8, 4) is 0 Å². The minimum absolute atomic E-state index is 0.524. The average Bonchev–Trinajstić information content (AvgIpc) is 2.28. The maximum atomic E-state index is 11.4. The molecule has 0 atom stereocenters. The Balaban J connectivity index is 2.10. The Bertz CT molecular complexity index is 539. The summed E-state index contributed by atoms with van der Waals surface area (Å²) in [6, 6.07) is 2.02. The van der Waals surface area contributed by atoms with Crippen LogP contribution < -0.4 is 4.90 Å². The van der Waals surface area contributed by atoms with Crippen molar-refractivity contribution in [3.63, 3.8) is 0 Å². The van der Waals surface area contributed by atoms with Crippen LogP contribution in [0.3, 0.4) is 0 Å². The van der Waals surface area contributed by atoms with E-state index in [0.29, 0.717) is 26.2 Å². The van der Waals surface area contributed by atoms with Gasteiger partial charge in [-0.3, -0.25) is 0 Å². The first-order valence-corrected chi connectivity index (χ1v) is 8.34. The molecule has 0 radical (unpaired) electrons. The van der Waals surface area contributed by atoms with Crippen molar-refractivity contribution in [1.82, 2.24) is 9.29 Å². The predicted octanol–water partition coefficient (Wildman–Crippen LogP) is 1.23. The summed E-state index contributed by atoms with van der Waals surface area (Å²) in [7, 11) is -3.07. The van der Waals surface area contributed by atoms with Crippen molar-refractivity contribution in [2.24, 2.45) is 0 Å². The SMILES string of the molecule is Cc1cc(Br)cnc1N1CCN(S(C)(=O)=O)CC1. The summed E-state index contributed by atoms with van der Waals surface area (Å²) >= 11 is 3.39. The molecule has 0 aliphatic carbocycles. The van der Waals surface area contributed by atoms with Crippen LogP contribution in [-0.4, -0.2) is 50.1 Å². The van der Waals surface area contributed by atoms with Crippen LogP contribution in [0.1, 0.15) is 5.56 Å². The fourth-order valence-corrected chi connectivity index (χ4v) is 3.37. The third kappa shape index (κ3) is 3.02. The van der Waals surface area contributed by atoms with Gasteiger partial charge in [0.25, 0.3) is 0 Å². The van der Waals surface area contributed by atoms with Crippen molar-refractivity contribution < 1.29 is 8.42 Å². The van der Waals surface area contributed by atoms with Gasteiger partial charge in [0.2, 0.25) is 10.0 Å². The van der Waals surface area contributed by atoms with Crippen molar-refractivity contribution in [2.45, 2.75) is 6.92 Å². The summed E-state index contributed by atoms with van der Waals surface area (Å²) in [6.07, 6.45) is 3.02. The van der Waals surface area contributed by atoms with Gasteiger partial charge in [-0.1, -0.05) is 0 Å². The third-order valence-electron chi connectivity index (χ3n) is 3.02. The van der Waals surface area contributed by atoms with E-state index in [-0.39, 0.29) is 0 Å². The van der Waals surface area contributed by atoms with Gasteiger partial charge in [-0.05, 0) is 34.5 Å². The number of anilines is 1. The lowest BCUT2D eigenvalue weighted by molar-refractivity contribution is 0.387. The van der Waals surface area contributed by atoms with E-state index in [2.05, 4.69) is 25.8 Å². The lowest BCUT2D eigenvalue weighted by atomic mass is 10.2. The number of aromatic nitrogens is 1. The summed E-state index contributed by atoms with van der Waals surface area (Å²) < 4.78 is 25.3. The van der Waals surface area contributed by atoms with E-state index in [1.807, 2.05) is 13.0 Å². The molecule has 0 aromatic carbocycles. The van der Waals surface area contributed by atoms with E-state index in [1.54, 1.807) is 6.20 Å². The number of piperazine rings is 1. The molecule has 0 amide bonds. The molecule has 18 heavy (non-hydrogen) atoms. The predicted molar refractivity (Wildman–Crippen MR) is 75.3 cm³/mol. The smallest absolute Gasteiger partial charge is 0.211 e. The Kier molecular flexibility index (Phi) is 3.93. The van der Waals surface area contributed by atoms with Crippen molar-refractivity contribution in [2.75, 3.05) is 37.3 Å². The fourth-order valence-electron chi connectivity index (χ4n) is 2.10. The molecular formula is C11H16BrN3O2S. The molecule has 0 saturated carbocycles. The number of hydrogen-bond donors (Lipinski definition) is 0. The number of halogens is 1. The summed E-state index contributed by atoms with van der Waals surface area (Å²) in [5.41, 5.74) is 1.09. The molecule has 1 saturated heterocycles. The van der Waals surface area contributed by atoms with E-state index in [0.717, 1.165) is 15.9 Å². The number of rotatable bonds is 2. The Hall–Kier alpha value is -0.660. The molecule has 1 aromatic heterocycles. The standard InChI is InChI=1S/C11H16BrN3O2S/c1-9-7-10(12)8-13-11(9)14-3-5-15(6-4-14)18(2,16)17/h7-8H,3-6H2,1-2H3. The maximum Gasteiger partial charge on any atom is 0.211 e. The molecule has 5 nitrogen and oxygen atoms in total. The van der Waals surface area contributed by atoms with Crippen LogP contribution in [-0.2, 0) is 10.0 Å². The molecule has 0 spiro atoms. The van der Waals surface area contributed by atoms with E-state index in [4.69, 9.17) is 0 Å². The third-order valence-corrected chi connectivity index (χ3v) is 4.76. The van der Waals surface area contributed by atoms with Gasteiger partial charge >= 0.3 is 0 Å². The normalized spacial score (nSPS) is 18.1. The molecule has 2 rings (SSSR count). The Morgan fingerprint density at radius 2 is 1.89 bits per heavy atom. The summed E-state index contributed by atoms with van der Waals surface area (Å²) in [6.45, 7) is 4.42. The van der Waals surface area contributed by atoms with Crippen LogP contribution in [0.5, 0.6) is 0 Å². The molecule has 0 unspecified atom stereocenters. The van der Waals surface area contributed by atoms with Crippen molar-refractivity contribution in [1.29, 1.82) is 0 Å². The quantitative estimate of drug-likeness (QED) is 0.816. The fraction of sp³-hybridized carbons (Fsp3) is 0.545. The van der Waals surface area contributed by atoms with Crippen molar-refractivity contribution >= 4 is 31.8 Å². The zero-order valence-corrected chi connectivity index (χ0v) is 12.8. The highest BCUT2D eigenvalue weighted by Crippen LogP contribution is 2.22. The van der Waals surface area contributed by atoms with Crippen LogP contribution in [0.2, 0.25) is 0 Å². The van der Waals surface area contributed by atoms with Crippen LogP contribution >= 0.6 is 15.9 Å². The first kappa shape index (κ1) is 13.8. The van der Waals surface area contributed by atoms with Gasteiger partial charge in [0.1, 0.15) is 5.82 Å². The lowest BCUT2D eigenvalue weighted by Crippen LogP contribution is -2.48. The first-order chi connectivity index (χ1) is 8.38. The number of aryl methyl sites for hydroxylation is 1. The molecule has 1 fully saturated rings. The van der Waals surface area contributed by atoms with Crippen LogP contribution in [0.15, 0.2) is 16.7 Å². The minimum Gasteiger partial charge on any atom is -0.354 e. The topological polar surface area (TPSA) is 53.5 Å². The number of hydrogen-bond acceptors (Lipinski definition) is 4. The molecule has 2 heterocycles. The van der Waals surface area contributed by atoms with Gasteiger partial charge in [0.05, 0.1) is 6.26 Å². The highest BCUT2D eigenvalue weighted by Gasteiger charge is 2.24. The number of sulfonamides is 1. The summed E-state index contributed by atoms with van der Waals surface area (Å²) in [5.74, 6) is 0.936. The molecule has 1 aromatic rings. The monoisotopic (exact) mass is 333 g/mol. The van der Waals surface area contributed by atoms with Gasteiger partial charge in [0.15, 0.2) is 0 Å². The number of nitrogens with zero attached hydrogens (tertiary/aromatic N) is 3. The zero-order chi connectivity index (χ0) is 13.3. The van der Waals surface area contributed by atoms with Gasteiger partial charge < -0.3 is 4.90 Å². The van der Waals surface area contributed by atoms with Crippen LogP contribution in [0, 0.1) is 6.92 Å². The number of pyridine rings is 1. The first-order valence-electron chi connectivity index (χ1n) is 5.70. The Morgan fingerprint density at radius 3 is 2.39 bits per heavy atom. The van der Waals surface area contributed by atoms with Gasteiger partial charge in [0, 0.05) is 36.8 Å². The minimum atomic E-state index is -3.07. The highest BCUT2D eigenvalue weighted by molar-refractivity contribution is 9.10. The van der Waals surface area contributed by atoms with Crippen LogP contribution in [0.25, 0.3) is 0 Å². The summed E-state index contributed by atoms with van der Waals surface area (Å²) in [5, 5.41) is 0. The van der Waals surface area contributed by atoms with E-state index >= 15 is 0 Å². The second kappa shape index (κ2) is 5.14. The maximum absolute atomic E-state index is 11.4. The Labute approximate surface area is 116 Å². The Morgan fingerprint density at radius 1 is 1.28 bits per heavy atom. The van der Waals surface area contributed by atoms with E-state index < -0.39 is 10.0 Å². The molecule has 100 valence electrons. The molecule has 7 heteroatoms. The van der Waals surface area contributed by atoms with E-state index in [9.17, 15) is 8.42 Å². The average molecular weight is 334 g/mol. The largest absolute Gasteiger partial charge is 0.354 e. The second-order valence-electron chi connectivity index (χ2n) is 4.44. The molecule has 0 N–H and O–H groups in total. The van der Waals surface area contributed by atoms with Crippen molar-refractivity contribution in [3.05, 3.63) is 22.3 Å². The van der Waals surface area contributed by atoms with Gasteiger partial charge in [-0.15, -0.1) is 0 Å². The zero-order valence-electron chi connectivity index (χ0n) is 10.4. The summed E-state index contributed by atoms with van der Waals surface area (Å²) in [4.78, 5) is 6.53. The molecule has 1 aliphatic heterocycles. The second-order valence-corrected chi connectivity index (χ2v) is 7.34. The van der Waals surface area contributed by atoms with Gasteiger partial charge in [-0.2, -0.15) is 4.31 Å². The van der Waals surface area contributed by atoms with Gasteiger partial charge in [-0.25, -0.2) is 13.4 Å². The van der Waals surface area contributed by atoms with Crippen LogP contribution in [0.4, 0.5) is 5.82 Å². The van der Waals surface area contributed by atoms with E-state index in [1.165, 1.54) is 10.6 Å². The highest BCUT2D eigenvalue weighted by atomic mass is 79.9. The lowest BCUT2D eigenvalue weighted by Gasteiger charge is -2.34. The molecule has 1 aliphatic rings. The molecule has 0 bridgehead atoms. The molecular weight excluding hydrogens is 318 g/mol.